The predicted octanol–water partition coefficient (Wildman–Crippen LogP) is 5.63. The lowest BCUT2D eigenvalue weighted by molar-refractivity contribution is 0.628. The summed E-state index contributed by atoms with van der Waals surface area (Å²) >= 11 is 11.1. The van der Waals surface area contributed by atoms with Crippen LogP contribution < -0.4 is 10.6 Å². The standard InChI is InChI=1S/C17H18ClFN2S/c1-2-3-6-12-7-4-5-8-16(12)21-17(22)20-13-9-10-15(19)14(18)11-13/h4-5,7-11H,2-3,6H2,1H3,(H2,20,21,22). The molecule has 0 unspecified atom stereocenters. The van der Waals surface area contributed by atoms with Crippen molar-refractivity contribution in [3.63, 3.8) is 0 Å². The largest absolute Gasteiger partial charge is 0.332 e. The number of hydrogen-bond donors (Lipinski definition) is 2. The Morgan fingerprint density at radius 3 is 2.68 bits per heavy atom. The molecule has 0 bridgehead atoms. The van der Waals surface area contributed by atoms with Crippen molar-refractivity contribution in [2.75, 3.05) is 10.6 Å². The van der Waals surface area contributed by atoms with Gasteiger partial charge in [-0.15, -0.1) is 0 Å². The molecule has 0 heterocycles. The molecule has 0 amide bonds. The van der Waals surface area contributed by atoms with Crippen molar-refractivity contribution < 1.29 is 4.39 Å². The summed E-state index contributed by atoms with van der Waals surface area (Å²) in [7, 11) is 0. The summed E-state index contributed by atoms with van der Waals surface area (Å²) in [5.41, 5.74) is 2.86. The molecule has 2 N–H and O–H groups in total. The summed E-state index contributed by atoms with van der Waals surface area (Å²) in [6, 6.07) is 12.5. The molecule has 0 radical (unpaired) electrons. The number of anilines is 2. The SMILES string of the molecule is CCCCc1ccccc1NC(=S)Nc1ccc(F)c(Cl)c1. The van der Waals surface area contributed by atoms with Crippen LogP contribution in [-0.2, 0) is 6.42 Å². The molecule has 2 aromatic carbocycles. The first-order valence-corrected chi connectivity index (χ1v) is 7.99. The van der Waals surface area contributed by atoms with Crippen LogP contribution in [0.3, 0.4) is 0 Å². The summed E-state index contributed by atoms with van der Waals surface area (Å²) in [6.45, 7) is 2.17. The lowest BCUT2D eigenvalue weighted by atomic mass is 10.1. The third kappa shape index (κ3) is 4.68. The highest BCUT2D eigenvalue weighted by molar-refractivity contribution is 7.80. The molecule has 5 heteroatoms. The Bertz CT molecular complexity index is 661. The van der Waals surface area contributed by atoms with Crippen LogP contribution in [0, 0.1) is 5.82 Å². The van der Waals surface area contributed by atoms with Gasteiger partial charge in [-0.05, 0) is 54.9 Å². The highest BCUT2D eigenvalue weighted by atomic mass is 35.5. The van der Waals surface area contributed by atoms with E-state index in [0.717, 1.165) is 24.9 Å². The number of benzene rings is 2. The molecule has 0 fully saturated rings. The van der Waals surface area contributed by atoms with Gasteiger partial charge in [0.2, 0.25) is 0 Å². The predicted molar refractivity (Wildman–Crippen MR) is 96.3 cm³/mol. The fourth-order valence-corrected chi connectivity index (χ4v) is 2.49. The zero-order chi connectivity index (χ0) is 15.9. The number of rotatable bonds is 5. The second-order valence-corrected chi connectivity index (χ2v) is 5.78. The first-order chi connectivity index (χ1) is 10.6. The number of hydrogen-bond acceptors (Lipinski definition) is 1. The molecule has 0 aliphatic rings. The van der Waals surface area contributed by atoms with E-state index in [1.54, 1.807) is 6.07 Å². The number of halogens is 2. The maximum Gasteiger partial charge on any atom is 0.175 e. The average Bonchev–Trinajstić information content (AvgIpc) is 2.50. The van der Waals surface area contributed by atoms with Crippen molar-refractivity contribution in [1.29, 1.82) is 0 Å². The number of para-hydroxylation sites is 1. The highest BCUT2D eigenvalue weighted by Crippen LogP contribution is 2.21. The van der Waals surface area contributed by atoms with Crippen molar-refractivity contribution in [2.24, 2.45) is 0 Å². The number of aryl methyl sites for hydroxylation is 1. The van der Waals surface area contributed by atoms with Crippen LogP contribution in [0.4, 0.5) is 15.8 Å². The van der Waals surface area contributed by atoms with Crippen LogP contribution in [0.25, 0.3) is 0 Å². The average molecular weight is 337 g/mol. The van der Waals surface area contributed by atoms with Crippen LogP contribution >= 0.6 is 23.8 Å². The summed E-state index contributed by atoms with van der Waals surface area (Å²) < 4.78 is 13.1. The van der Waals surface area contributed by atoms with Crippen LogP contribution in [0.2, 0.25) is 5.02 Å². The number of nitrogens with one attached hydrogen (secondary N) is 2. The Labute approximate surface area is 140 Å². The van der Waals surface area contributed by atoms with E-state index >= 15 is 0 Å². The number of thiocarbonyl (C=S) groups is 1. The van der Waals surface area contributed by atoms with Crippen molar-refractivity contribution in [2.45, 2.75) is 26.2 Å². The number of unbranched alkanes of at least 4 members (excludes halogenated alkanes) is 1. The van der Waals surface area contributed by atoms with Crippen molar-refractivity contribution in [1.82, 2.24) is 0 Å². The molecule has 2 aromatic rings. The van der Waals surface area contributed by atoms with Crippen molar-refractivity contribution in [3.05, 3.63) is 58.9 Å². The summed E-state index contributed by atoms with van der Waals surface area (Å²) in [5, 5.41) is 6.71. The maximum absolute atomic E-state index is 13.1. The minimum atomic E-state index is -0.448. The van der Waals surface area contributed by atoms with E-state index in [1.165, 1.54) is 17.7 Å². The second-order valence-electron chi connectivity index (χ2n) is 4.97. The third-order valence-electron chi connectivity index (χ3n) is 3.24. The Morgan fingerprint density at radius 2 is 1.95 bits per heavy atom. The van der Waals surface area contributed by atoms with Gasteiger partial charge < -0.3 is 10.6 Å². The Hall–Kier alpha value is -1.65. The lowest BCUT2D eigenvalue weighted by Gasteiger charge is -2.14. The Kier molecular flexibility index (Phi) is 6.16. The van der Waals surface area contributed by atoms with E-state index in [4.69, 9.17) is 23.8 Å². The molecule has 2 rings (SSSR count). The van der Waals surface area contributed by atoms with Crippen molar-refractivity contribution >= 4 is 40.3 Å². The Balaban J connectivity index is 2.04. The van der Waals surface area contributed by atoms with Gasteiger partial charge in [0.05, 0.1) is 5.02 Å². The first kappa shape index (κ1) is 16.7. The fraction of sp³-hybridized carbons (Fsp3) is 0.235. The molecule has 0 atom stereocenters. The lowest BCUT2D eigenvalue weighted by Crippen LogP contribution is -2.20. The zero-order valence-electron chi connectivity index (χ0n) is 12.3. The summed E-state index contributed by atoms with van der Waals surface area (Å²) in [6.07, 6.45) is 3.28. The van der Waals surface area contributed by atoms with E-state index < -0.39 is 5.82 Å². The van der Waals surface area contributed by atoms with Gasteiger partial charge in [-0.1, -0.05) is 43.1 Å². The molecule has 2 nitrogen and oxygen atoms in total. The Morgan fingerprint density at radius 1 is 1.18 bits per heavy atom. The van der Waals surface area contributed by atoms with Gasteiger partial charge in [-0.25, -0.2) is 4.39 Å². The van der Waals surface area contributed by atoms with Gasteiger partial charge in [0.25, 0.3) is 0 Å². The molecule has 0 aromatic heterocycles. The first-order valence-electron chi connectivity index (χ1n) is 7.21. The molecule has 0 saturated carbocycles. The molecule has 0 aliphatic carbocycles. The van der Waals surface area contributed by atoms with Gasteiger partial charge >= 0.3 is 0 Å². The van der Waals surface area contributed by atoms with Gasteiger partial charge in [-0.2, -0.15) is 0 Å². The van der Waals surface area contributed by atoms with E-state index in [-0.39, 0.29) is 5.02 Å². The van der Waals surface area contributed by atoms with Gasteiger partial charge in [0.1, 0.15) is 5.82 Å². The topological polar surface area (TPSA) is 24.1 Å². The molecule has 116 valence electrons. The van der Waals surface area contributed by atoms with Crippen LogP contribution in [0.1, 0.15) is 25.3 Å². The summed E-state index contributed by atoms with van der Waals surface area (Å²) in [4.78, 5) is 0. The molecule has 0 aliphatic heterocycles. The molecule has 0 spiro atoms. The van der Waals surface area contributed by atoms with E-state index in [9.17, 15) is 4.39 Å². The highest BCUT2D eigenvalue weighted by Gasteiger charge is 2.05. The molecule has 22 heavy (non-hydrogen) atoms. The minimum Gasteiger partial charge on any atom is -0.332 e. The smallest absolute Gasteiger partial charge is 0.175 e. The zero-order valence-corrected chi connectivity index (χ0v) is 13.9. The maximum atomic E-state index is 13.1. The van der Waals surface area contributed by atoms with Gasteiger partial charge in [0, 0.05) is 11.4 Å². The van der Waals surface area contributed by atoms with Gasteiger partial charge in [-0.3, -0.25) is 0 Å². The van der Waals surface area contributed by atoms with E-state index in [0.29, 0.717) is 10.8 Å². The minimum absolute atomic E-state index is 0.0659. The molecular weight excluding hydrogens is 319 g/mol. The van der Waals surface area contributed by atoms with Crippen LogP contribution in [0.15, 0.2) is 42.5 Å². The van der Waals surface area contributed by atoms with E-state index in [1.807, 2.05) is 18.2 Å². The van der Waals surface area contributed by atoms with Gasteiger partial charge in [0.15, 0.2) is 5.11 Å². The van der Waals surface area contributed by atoms with E-state index in [2.05, 4.69) is 23.6 Å². The monoisotopic (exact) mass is 336 g/mol. The molecule has 0 saturated heterocycles. The normalized spacial score (nSPS) is 10.3. The molecular formula is C17H18ClFN2S. The fourth-order valence-electron chi connectivity index (χ4n) is 2.09. The quantitative estimate of drug-likeness (QED) is 0.692. The second kappa shape index (κ2) is 8.11. The third-order valence-corrected chi connectivity index (χ3v) is 3.74. The van der Waals surface area contributed by atoms with Crippen LogP contribution in [-0.4, -0.2) is 5.11 Å². The van der Waals surface area contributed by atoms with Crippen LogP contribution in [0.5, 0.6) is 0 Å². The summed E-state index contributed by atoms with van der Waals surface area (Å²) in [5.74, 6) is -0.448. The van der Waals surface area contributed by atoms with Crippen molar-refractivity contribution in [3.8, 4) is 0 Å².